The van der Waals surface area contributed by atoms with Gasteiger partial charge >= 0.3 is 0 Å². The third-order valence-electron chi connectivity index (χ3n) is 13.8. The van der Waals surface area contributed by atoms with Crippen LogP contribution in [0.5, 0.6) is 0 Å². The van der Waals surface area contributed by atoms with Gasteiger partial charge in [-0.2, -0.15) is 8.61 Å². The molecular weight excluding hydrogens is 1080 g/mol. The highest BCUT2D eigenvalue weighted by Gasteiger charge is 2.52. The number of ether oxygens (including phenoxy) is 5. The number of nitro groups is 2. The fraction of sp³-hybridized carbons (Fsp3) is 0.254. The number of hydrogen-bond acceptors (Lipinski definition) is 14. The highest BCUT2D eigenvalue weighted by molar-refractivity contribution is 7.89. The van der Waals surface area contributed by atoms with Crippen molar-refractivity contribution in [1.29, 1.82) is 0 Å². The van der Waals surface area contributed by atoms with E-state index < -0.39 is 106 Å². The summed E-state index contributed by atoms with van der Waals surface area (Å²) in [6.07, 6.45) is -4.58. The summed E-state index contributed by atoms with van der Waals surface area (Å²) in [5, 5.41) is 29.1. The number of rotatable bonds is 25. The van der Waals surface area contributed by atoms with Crippen molar-refractivity contribution < 1.29 is 50.4 Å². The van der Waals surface area contributed by atoms with E-state index in [0.29, 0.717) is 11.1 Å². The number of nitrogens with zero attached hydrogens (tertiary/aromatic N) is 7. The van der Waals surface area contributed by atoms with E-state index in [1.54, 1.807) is 60.7 Å². The van der Waals surface area contributed by atoms with Gasteiger partial charge in [-0.25, -0.2) is 16.8 Å². The lowest BCUT2D eigenvalue weighted by Crippen LogP contribution is -2.63. The van der Waals surface area contributed by atoms with Gasteiger partial charge in [-0.3, -0.25) is 20.2 Å². The third-order valence-corrected chi connectivity index (χ3v) is 17.7. The minimum absolute atomic E-state index is 0.0114. The van der Waals surface area contributed by atoms with Crippen LogP contribution in [0.25, 0.3) is 10.4 Å². The van der Waals surface area contributed by atoms with Gasteiger partial charge in [0.05, 0.1) is 54.5 Å². The van der Waals surface area contributed by atoms with E-state index in [4.69, 9.17) is 23.7 Å². The predicted octanol–water partition coefficient (Wildman–Crippen LogP) is 10.5. The lowest BCUT2D eigenvalue weighted by Gasteiger charge is -2.48. The summed E-state index contributed by atoms with van der Waals surface area (Å²) < 4.78 is 98.4. The minimum Gasteiger partial charge on any atom is -0.368 e. The van der Waals surface area contributed by atoms with Crippen molar-refractivity contribution >= 4 is 31.4 Å². The first-order valence-corrected chi connectivity index (χ1v) is 28.7. The first-order valence-electron chi connectivity index (χ1n) is 25.9. The molecule has 0 spiro atoms. The average molecular weight is 1140 g/mol. The first-order chi connectivity index (χ1) is 39.3. The van der Waals surface area contributed by atoms with Crippen LogP contribution in [0.1, 0.15) is 34.2 Å². The van der Waals surface area contributed by atoms with Gasteiger partial charge in [0.15, 0.2) is 16.1 Å². The van der Waals surface area contributed by atoms with Crippen LogP contribution in [0.3, 0.4) is 0 Å². The van der Waals surface area contributed by atoms with E-state index in [1.165, 1.54) is 36.4 Å². The number of azide groups is 1. The van der Waals surface area contributed by atoms with E-state index in [0.717, 1.165) is 49.6 Å². The van der Waals surface area contributed by atoms with Crippen LogP contribution in [-0.4, -0.2) is 90.7 Å². The molecule has 0 amide bonds. The molecule has 1 fully saturated rings. The van der Waals surface area contributed by atoms with Crippen molar-refractivity contribution in [2.24, 2.45) is 5.11 Å². The van der Waals surface area contributed by atoms with E-state index in [9.17, 15) is 25.8 Å². The van der Waals surface area contributed by atoms with E-state index in [1.807, 2.05) is 91.0 Å². The second-order valence-electron chi connectivity index (χ2n) is 19.1. The molecule has 0 unspecified atom stereocenters. The summed E-state index contributed by atoms with van der Waals surface area (Å²) in [6.45, 7) is -0.922. The predicted molar refractivity (Wildman–Crippen MR) is 298 cm³/mol. The molecule has 7 aromatic carbocycles. The number of sulfonamides is 2. The molecule has 1 aliphatic carbocycles. The molecule has 0 aromatic heterocycles. The normalized spacial score (nSPS) is 21.1. The largest absolute Gasteiger partial charge is 0.368 e. The lowest BCUT2D eigenvalue weighted by molar-refractivity contribution is -0.388. The van der Waals surface area contributed by atoms with Crippen LogP contribution >= 0.6 is 0 Å². The number of para-hydroxylation sites is 2. The second-order valence-corrected chi connectivity index (χ2v) is 22.8. The molecule has 0 bridgehead atoms. The molecule has 22 heteroatoms. The fourth-order valence-electron chi connectivity index (χ4n) is 9.92. The Hall–Kier alpha value is -7.99. The van der Waals surface area contributed by atoms with Crippen LogP contribution in [0.15, 0.2) is 227 Å². The van der Waals surface area contributed by atoms with Gasteiger partial charge < -0.3 is 23.7 Å². The van der Waals surface area contributed by atoms with E-state index in [-0.39, 0.29) is 39.3 Å². The molecule has 1 aliphatic heterocycles. The van der Waals surface area contributed by atoms with Crippen molar-refractivity contribution in [1.82, 2.24) is 8.61 Å². The van der Waals surface area contributed by atoms with Gasteiger partial charge in [0.2, 0.25) is 0 Å². The Bertz CT molecular complexity index is 3540. The Morgan fingerprint density at radius 2 is 0.926 bits per heavy atom. The van der Waals surface area contributed by atoms with E-state index >= 15 is 16.8 Å². The lowest BCUT2D eigenvalue weighted by atomic mass is 9.93. The maximum atomic E-state index is 15.7. The number of nitro benzene ring substituents is 2. The monoisotopic (exact) mass is 1140 g/mol. The van der Waals surface area contributed by atoms with Crippen LogP contribution in [0.4, 0.5) is 11.4 Å². The topological polar surface area (TPSA) is 256 Å². The van der Waals surface area contributed by atoms with Crippen molar-refractivity contribution in [3.8, 4) is 0 Å². The molecule has 2 aliphatic rings. The molecule has 0 radical (unpaired) electrons. The zero-order valence-electron chi connectivity index (χ0n) is 43.5. The number of hydrogen-bond donors (Lipinski definition) is 0. The Labute approximate surface area is 468 Å². The Morgan fingerprint density at radius 1 is 0.531 bits per heavy atom. The molecule has 1 saturated heterocycles. The summed E-state index contributed by atoms with van der Waals surface area (Å²) >= 11 is 0. The molecule has 418 valence electrons. The molecule has 7 aromatic rings. The quantitative estimate of drug-likeness (QED) is 0.0129. The standard InChI is InChI=1S/C59H57N7O13S2/c60-62-61-37-53-56(75-40-45-24-10-3-11-25-45)57(76-41-46-26-12-4-13-27-46)58(77-42-47-28-14-5-15-29-47)59(79-53)78-52-35-34-48(63(38-43-20-6-1-7-21-43)80(71,72)54-32-18-16-30-49(54)65(67)68)36-51(52)64(39-44-22-8-2-9-23-44)81(73,74)55-33-19-17-31-50(55)66(69)70/h1-35,48,51-53,56-59H,36-42H2/t48-,51-,52+,53-,56-,57+,58-,59+/m1/s1. The molecule has 81 heavy (non-hydrogen) atoms. The molecule has 9 rings (SSSR count). The highest BCUT2D eigenvalue weighted by Crippen LogP contribution is 2.39. The molecule has 0 saturated carbocycles. The van der Waals surface area contributed by atoms with Crippen LogP contribution in [0, 0.1) is 20.2 Å². The number of benzene rings is 7. The Balaban J connectivity index is 1.21. The second kappa shape index (κ2) is 27.0. The van der Waals surface area contributed by atoms with Gasteiger partial charge in [-0.05, 0) is 51.9 Å². The van der Waals surface area contributed by atoms with Crippen LogP contribution < -0.4 is 0 Å². The SMILES string of the molecule is [N-]=[N+]=NC[C@H]1O[C@H](O[C@H]2C=C[C@@H](N(Cc3ccccc3)S(=O)(=O)c3ccccc3[N+](=O)[O-])C[C@H]2N(Cc2ccccc2)S(=O)(=O)c2ccccc2[N+](=O)[O-])[C@H](OCc2ccccc2)[C@@H](OCc2ccccc2)[C@@H]1OCc1ccccc1. The minimum atomic E-state index is -4.99. The third kappa shape index (κ3) is 14.1. The summed E-state index contributed by atoms with van der Waals surface area (Å²) in [4.78, 5) is 25.4. The zero-order chi connectivity index (χ0) is 56.8. The van der Waals surface area contributed by atoms with Crippen molar-refractivity contribution in [2.75, 3.05) is 6.54 Å². The van der Waals surface area contributed by atoms with Gasteiger partial charge in [-0.1, -0.05) is 193 Å². The van der Waals surface area contributed by atoms with Crippen molar-refractivity contribution in [3.63, 3.8) is 0 Å². The highest BCUT2D eigenvalue weighted by atomic mass is 32.2. The van der Waals surface area contributed by atoms with Gasteiger partial charge in [0.25, 0.3) is 31.4 Å². The van der Waals surface area contributed by atoms with Crippen molar-refractivity contribution in [2.45, 2.75) is 98.0 Å². The molecular formula is C59H57N7O13S2. The molecule has 20 nitrogen and oxygen atoms in total. The molecule has 1 heterocycles. The fourth-order valence-corrected chi connectivity index (χ4v) is 13.5. The van der Waals surface area contributed by atoms with Crippen molar-refractivity contribution in [3.05, 3.63) is 271 Å². The Kier molecular flexibility index (Phi) is 19.2. The smallest absolute Gasteiger partial charge is 0.289 e. The summed E-state index contributed by atoms with van der Waals surface area (Å²) in [5.74, 6) is 0. The van der Waals surface area contributed by atoms with Crippen LogP contribution in [-0.2, 0) is 76.6 Å². The summed E-state index contributed by atoms with van der Waals surface area (Å²) in [5.41, 5.74) is 11.7. The van der Waals surface area contributed by atoms with Gasteiger partial charge in [-0.15, -0.1) is 0 Å². The van der Waals surface area contributed by atoms with E-state index in [2.05, 4.69) is 10.0 Å². The average Bonchev–Trinajstić information content (AvgIpc) is 3.66. The zero-order valence-corrected chi connectivity index (χ0v) is 45.2. The van der Waals surface area contributed by atoms with Gasteiger partial charge in [0, 0.05) is 36.2 Å². The summed E-state index contributed by atoms with van der Waals surface area (Å²) in [6, 6.07) is 52.2. The van der Waals surface area contributed by atoms with Gasteiger partial charge in [0.1, 0.15) is 18.3 Å². The van der Waals surface area contributed by atoms with Crippen LogP contribution in [0.2, 0.25) is 0 Å². The first kappa shape index (κ1) is 57.7. The molecule has 8 atom stereocenters. The summed E-state index contributed by atoms with van der Waals surface area (Å²) in [7, 11) is -9.82. The maximum absolute atomic E-state index is 15.7. The molecule has 0 N–H and O–H groups in total. The maximum Gasteiger partial charge on any atom is 0.289 e. The Morgan fingerprint density at radius 3 is 1.38 bits per heavy atom.